The van der Waals surface area contributed by atoms with Gasteiger partial charge in [0.05, 0.1) is 0 Å². The van der Waals surface area contributed by atoms with Crippen LogP contribution in [-0.4, -0.2) is 42.1 Å². The maximum absolute atomic E-state index is 9.63. The fourth-order valence-corrected chi connectivity index (χ4v) is 1.87. The molecule has 1 fully saturated rings. The average Bonchev–Trinajstić information content (AvgIpc) is 2.68. The van der Waals surface area contributed by atoms with E-state index in [0.29, 0.717) is 19.5 Å². The molecule has 4 heteroatoms. The second kappa shape index (κ2) is 5.30. The van der Waals surface area contributed by atoms with Crippen LogP contribution in [0.1, 0.15) is 5.56 Å². The van der Waals surface area contributed by atoms with Crippen molar-refractivity contribution in [2.24, 2.45) is 0 Å². The molecular formula is C12H17NO3. The molecule has 1 aromatic rings. The van der Waals surface area contributed by atoms with Crippen molar-refractivity contribution in [1.29, 1.82) is 0 Å². The first-order valence-electron chi connectivity index (χ1n) is 5.55. The number of hydrogen-bond acceptors (Lipinski definition) is 4. The van der Waals surface area contributed by atoms with Crippen molar-refractivity contribution in [2.75, 3.05) is 19.7 Å². The SMILES string of the molecule is OCCc1ccccc1OC1CNCC1O. The highest BCUT2D eigenvalue weighted by molar-refractivity contribution is 5.33. The Balaban J connectivity index is 2.07. The second-order valence-electron chi connectivity index (χ2n) is 3.96. The van der Waals surface area contributed by atoms with Crippen LogP contribution in [0.2, 0.25) is 0 Å². The van der Waals surface area contributed by atoms with Crippen molar-refractivity contribution >= 4 is 0 Å². The van der Waals surface area contributed by atoms with E-state index in [0.717, 1.165) is 11.3 Å². The van der Waals surface area contributed by atoms with Crippen molar-refractivity contribution in [1.82, 2.24) is 5.32 Å². The summed E-state index contributed by atoms with van der Waals surface area (Å²) in [6, 6.07) is 7.61. The van der Waals surface area contributed by atoms with Crippen molar-refractivity contribution in [3.05, 3.63) is 29.8 Å². The van der Waals surface area contributed by atoms with Crippen LogP contribution in [0.15, 0.2) is 24.3 Å². The number of aliphatic hydroxyl groups excluding tert-OH is 2. The molecule has 0 radical (unpaired) electrons. The van der Waals surface area contributed by atoms with Gasteiger partial charge in [-0.05, 0) is 18.1 Å². The lowest BCUT2D eigenvalue weighted by Gasteiger charge is -2.18. The number of para-hydroxylation sites is 1. The van der Waals surface area contributed by atoms with Gasteiger partial charge in [0.15, 0.2) is 0 Å². The summed E-state index contributed by atoms with van der Waals surface area (Å²) in [7, 11) is 0. The zero-order valence-corrected chi connectivity index (χ0v) is 9.10. The van der Waals surface area contributed by atoms with E-state index in [2.05, 4.69) is 5.32 Å². The van der Waals surface area contributed by atoms with Crippen molar-refractivity contribution in [3.63, 3.8) is 0 Å². The standard InChI is InChI=1S/C12H17NO3/c14-6-5-9-3-1-2-4-11(9)16-12-8-13-7-10(12)15/h1-4,10,12-15H,5-8H2. The zero-order valence-electron chi connectivity index (χ0n) is 9.10. The van der Waals surface area contributed by atoms with Crippen LogP contribution in [0.25, 0.3) is 0 Å². The molecule has 1 aromatic carbocycles. The number of hydrogen-bond donors (Lipinski definition) is 3. The lowest BCUT2D eigenvalue weighted by molar-refractivity contribution is 0.0729. The molecular weight excluding hydrogens is 206 g/mol. The summed E-state index contributed by atoms with van der Waals surface area (Å²) in [5, 5.41) is 21.6. The molecule has 1 heterocycles. The van der Waals surface area contributed by atoms with Gasteiger partial charge in [0, 0.05) is 19.7 Å². The summed E-state index contributed by atoms with van der Waals surface area (Å²) in [5.74, 6) is 0.754. The lowest BCUT2D eigenvalue weighted by Crippen LogP contribution is -2.30. The highest BCUT2D eigenvalue weighted by Crippen LogP contribution is 2.21. The largest absolute Gasteiger partial charge is 0.486 e. The molecule has 0 spiro atoms. The molecule has 1 aliphatic heterocycles. The van der Waals surface area contributed by atoms with Gasteiger partial charge in [0.1, 0.15) is 18.0 Å². The lowest BCUT2D eigenvalue weighted by atomic mass is 10.1. The summed E-state index contributed by atoms with van der Waals surface area (Å²) in [6.45, 7) is 1.34. The van der Waals surface area contributed by atoms with Crippen LogP contribution in [0, 0.1) is 0 Å². The molecule has 16 heavy (non-hydrogen) atoms. The molecule has 88 valence electrons. The zero-order chi connectivity index (χ0) is 11.4. The summed E-state index contributed by atoms with van der Waals surface area (Å²) >= 11 is 0. The number of β-amino-alcohol motifs (C(OH)–C–C–N with tert-alkyl or cyclic N) is 1. The fourth-order valence-electron chi connectivity index (χ4n) is 1.87. The van der Waals surface area contributed by atoms with Gasteiger partial charge in [-0.25, -0.2) is 0 Å². The van der Waals surface area contributed by atoms with Crippen LogP contribution in [0.4, 0.5) is 0 Å². The molecule has 0 bridgehead atoms. The molecule has 3 N–H and O–H groups in total. The van der Waals surface area contributed by atoms with E-state index < -0.39 is 6.10 Å². The summed E-state index contributed by atoms with van der Waals surface area (Å²) in [5.41, 5.74) is 0.976. The quantitative estimate of drug-likeness (QED) is 0.669. The van der Waals surface area contributed by atoms with Gasteiger partial charge >= 0.3 is 0 Å². The highest BCUT2D eigenvalue weighted by Gasteiger charge is 2.27. The maximum atomic E-state index is 9.63. The van der Waals surface area contributed by atoms with Gasteiger partial charge in [0.25, 0.3) is 0 Å². The monoisotopic (exact) mass is 223 g/mol. The molecule has 4 nitrogen and oxygen atoms in total. The van der Waals surface area contributed by atoms with Gasteiger partial charge in [-0.1, -0.05) is 18.2 Å². The van der Waals surface area contributed by atoms with Crippen molar-refractivity contribution in [2.45, 2.75) is 18.6 Å². The highest BCUT2D eigenvalue weighted by atomic mass is 16.5. The van der Waals surface area contributed by atoms with E-state index in [1.165, 1.54) is 0 Å². The third-order valence-corrected chi connectivity index (χ3v) is 2.76. The van der Waals surface area contributed by atoms with Gasteiger partial charge in [-0.3, -0.25) is 0 Å². The van der Waals surface area contributed by atoms with E-state index in [4.69, 9.17) is 9.84 Å². The van der Waals surface area contributed by atoms with E-state index in [1.54, 1.807) is 0 Å². The maximum Gasteiger partial charge on any atom is 0.138 e. The first-order valence-corrected chi connectivity index (χ1v) is 5.55. The number of rotatable bonds is 4. The van der Waals surface area contributed by atoms with Crippen LogP contribution >= 0.6 is 0 Å². The Hall–Kier alpha value is -1.10. The normalized spacial score (nSPS) is 24.6. The first-order chi connectivity index (χ1) is 7.81. The topological polar surface area (TPSA) is 61.7 Å². The number of nitrogens with one attached hydrogen (secondary N) is 1. The van der Waals surface area contributed by atoms with Crippen LogP contribution in [0.5, 0.6) is 5.75 Å². The Bertz CT molecular complexity index is 343. The van der Waals surface area contributed by atoms with Gasteiger partial charge < -0.3 is 20.3 Å². The van der Waals surface area contributed by atoms with E-state index in [9.17, 15) is 5.11 Å². The van der Waals surface area contributed by atoms with Crippen molar-refractivity contribution < 1.29 is 14.9 Å². The predicted octanol–water partition coefficient (Wildman–Crippen LogP) is -0.0671. The van der Waals surface area contributed by atoms with Crippen molar-refractivity contribution in [3.8, 4) is 5.75 Å². The summed E-state index contributed by atoms with van der Waals surface area (Å²) in [6.07, 6.45) is -0.0751. The van der Waals surface area contributed by atoms with Gasteiger partial charge in [-0.15, -0.1) is 0 Å². The number of ether oxygens (including phenoxy) is 1. The average molecular weight is 223 g/mol. The number of benzene rings is 1. The Morgan fingerprint density at radius 3 is 2.81 bits per heavy atom. The minimum Gasteiger partial charge on any atom is -0.486 e. The molecule has 0 aromatic heterocycles. The number of aliphatic hydroxyl groups is 2. The molecule has 1 aliphatic rings. The minimum atomic E-state index is -0.456. The summed E-state index contributed by atoms with van der Waals surface area (Å²) in [4.78, 5) is 0. The molecule has 2 unspecified atom stereocenters. The Labute approximate surface area is 94.9 Å². The Morgan fingerprint density at radius 1 is 1.31 bits per heavy atom. The fraction of sp³-hybridized carbons (Fsp3) is 0.500. The smallest absolute Gasteiger partial charge is 0.138 e. The molecule has 0 aliphatic carbocycles. The summed E-state index contributed by atoms with van der Waals surface area (Å²) < 4.78 is 5.75. The van der Waals surface area contributed by atoms with E-state index in [1.807, 2.05) is 24.3 Å². The molecule has 1 saturated heterocycles. The Morgan fingerprint density at radius 2 is 2.12 bits per heavy atom. The Kier molecular flexibility index (Phi) is 3.77. The van der Waals surface area contributed by atoms with Gasteiger partial charge in [0.2, 0.25) is 0 Å². The third-order valence-electron chi connectivity index (χ3n) is 2.76. The molecule has 0 saturated carbocycles. The van der Waals surface area contributed by atoms with Gasteiger partial charge in [-0.2, -0.15) is 0 Å². The van der Waals surface area contributed by atoms with E-state index >= 15 is 0 Å². The first kappa shape index (κ1) is 11.4. The van der Waals surface area contributed by atoms with Crippen LogP contribution in [0.3, 0.4) is 0 Å². The van der Waals surface area contributed by atoms with Crippen LogP contribution in [-0.2, 0) is 6.42 Å². The molecule has 2 rings (SSSR count). The second-order valence-corrected chi connectivity index (χ2v) is 3.96. The van der Waals surface area contributed by atoms with E-state index in [-0.39, 0.29) is 12.7 Å². The molecule has 0 amide bonds. The minimum absolute atomic E-state index is 0.103. The predicted molar refractivity (Wildman–Crippen MR) is 60.5 cm³/mol. The van der Waals surface area contributed by atoms with Crippen LogP contribution < -0.4 is 10.1 Å². The third kappa shape index (κ3) is 2.52. The molecule has 2 atom stereocenters.